The fourth-order valence-electron chi connectivity index (χ4n) is 2.96. The van der Waals surface area contributed by atoms with Crippen molar-refractivity contribution in [1.82, 2.24) is 9.97 Å². The van der Waals surface area contributed by atoms with Gasteiger partial charge in [-0.3, -0.25) is 0 Å². The number of hydrogen-bond donors (Lipinski definition) is 1. The second-order valence-electron chi connectivity index (χ2n) is 5.54. The van der Waals surface area contributed by atoms with Crippen molar-refractivity contribution >= 4 is 5.82 Å². The smallest absolute Gasteiger partial charge is 0.187 e. The van der Waals surface area contributed by atoms with Crippen LogP contribution < -0.4 is 4.90 Å². The highest BCUT2D eigenvalue weighted by Gasteiger charge is 2.36. The molecule has 0 radical (unpaired) electrons. The number of anilines is 1. The van der Waals surface area contributed by atoms with E-state index >= 15 is 0 Å². The molecule has 1 aliphatic rings. The average Bonchev–Trinajstić information content (AvgIpc) is 2.91. The van der Waals surface area contributed by atoms with E-state index < -0.39 is 29.6 Å². The number of nitrogens with zero attached hydrogens (tertiary/aromatic N) is 3. The molecule has 1 aromatic heterocycles. The monoisotopic (exact) mass is 323 g/mol. The molecule has 0 amide bonds. The van der Waals surface area contributed by atoms with Crippen molar-refractivity contribution in [2.75, 3.05) is 11.4 Å². The molecule has 23 heavy (non-hydrogen) atoms. The molecule has 0 bridgehead atoms. The molecule has 122 valence electrons. The van der Waals surface area contributed by atoms with Gasteiger partial charge < -0.3 is 10.0 Å². The molecule has 2 heterocycles. The number of aliphatic hydroxyl groups excluding tert-OH is 1. The van der Waals surface area contributed by atoms with Crippen LogP contribution in [0.1, 0.15) is 30.6 Å². The Hall–Kier alpha value is -2.15. The molecule has 0 spiro atoms. The lowest BCUT2D eigenvalue weighted by Gasteiger charge is -2.26. The van der Waals surface area contributed by atoms with Crippen LogP contribution in [0.5, 0.6) is 0 Å². The van der Waals surface area contributed by atoms with Gasteiger partial charge in [0, 0.05) is 12.1 Å². The molecule has 2 aromatic rings. The number of rotatable bonds is 3. The maximum atomic E-state index is 14.5. The molecule has 0 aliphatic carbocycles. The zero-order chi connectivity index (χ0) is 16.6. The fraction of sp³-hybridized carbons (Fsp3) is 0.375. The first-order valence-corrected chi connectivity index (χ1v) is 7.40. The molecule has 4 nitrogen and oxygen atoms in total. The topological polar surface area (TPSA) is 49.2 Å². The van der Waals surface area contributed by atoms with E-state index in [1.807, 2.05) is 0 Å². The van der Waals surface area contributed by atoms with Crippen LogP contribution in [0.4, 0.5) is 19.0 Å². The van der Waals surface area contributed by atoms with Crippen molar-refractivity contribution in [3.63, 3.8) is 0 Å². The molecular formula is C16H16F3N3O. The number of β-amino-alcohol motifs (C(OH)–C–C–N with tert-alkyl or cyclic N) is 1. The molecule has 3 rings (SSSR count). The van der Waals surface area contributed by atoms with E-state index in [9.17, 15) is 18.3 Å². The van der Waals surface area contributed by atoms with Crippen LogP contribution in [0, 0.1) is 17.5 Å². The minimum Gasteiger partial charge on any atom is -0.391 e. The highest BCUT2D eigenvalue weighted by molar-refractivity contribution is 5.47. The largest absolute Gasteiger partial charge is 0.391 e. The third kappa shape index (κ3) is 2.88. The summed E-state index contributed by atoms with van der Waals surface area (Å²) in [5, 5.41) is 9.95. The van der Waals surface area contributed by atoms with Gasteiger partial charge in [0.25, 0.3) is 0 Å². The van der Waals surface area contributed by atoms with Crippen molar-refractivity contribution < 1.29 is 18.3 Å². The molecule has 0 saturated carbocycles. The number of aromatic nitrogens is 2. The third-order valence-corrected chi connectivity index (χ3v) is 4.05. The van der Waals surface area contributed by atoms with Gasteiger partial charge in [0.2, 0.25) is 0 Å². The molecule has 1 aromatic carbocycles. The maximum absolute atomic E-state index is 14.5. The summed E-state index contributed by atoms with van der Waals surface area (Å²) in [6.07, 6.45) is 1.02. The maximum Gasteiger partial charge on any atom is 0.187 e. The first kappa shape index (κ1) is 15.7. The molecule has 0 unspecified atom stereocenters. The molecule has 1 fully saturated rings. The van der Waals surface area contributed by atoms with E-state index in [1.54, 1.807) is 6.92 Å². The summed E-state index contributed by atoms with van der Waals surface area (Å²) in [4.78, 5) is 9.28. The summed E-state index contributed by atoms with van der Waals surface area (Å²) >= 11 is 0. The number of benzene rings is 1. The molecule has 2 atom stereocenters. The lowest BCUT2D eigenvalue weighted by Crippen LogP contribution is -2.27. The first-order valence-electron chi connectivity index (χ1n) is 7.40. The minimum absolute atomic E-state index is 0.00191. The van der Waals surface area contributed by atoms with Crippen molar-refractivity contribution in [3.05, 3.63) is 53.2 Å². The van der Waals surface area contributed by atoms with Crippen molar-refractivity contribution in [2.45, 2.75) is 31.9 Å². The first-order chi connectivity index (χ1) is 11.0. The fourth-order valence-corrected chi connectivity index (χ4v) is 2.96. The van der Waals surface area contributed by atoms with Gasteiger partial charge in [-0.15, -0.1) is 0 Å². The van der Waals surface area contributed by atoms with Crippen molar-refractivity contribution in [1.29, 1.82) is 0 Å². The van der Waals surface area contributed by atoms with Gasteiger partial charge in [-0.1, -0.05) is 6.92 Å². The number of aryl methyl sites for hydroxylation is 1. The molecular weight excluding hydrogens is 307 g/mol. The summed E-state index contributed by atoms with van der Waals surface area (Å²) in [5.41, 5.74) is 0.326. The van der Waals surface area contributed by atoms with Crippen LogP contribution >= 0.6 is 0 Å². The molecule has 1 aliphatic heterocycles. The normalized spacial score (nSPS) is 21.0. The number of aliphatic hydroxyl groups is 1. The predicted molar refractivity (Wildman–Crippen MR) is 78.4 cm³/mol. The Balaban J connectivity index is 2.05. The Labute approximate surface area is 131 Å². The van der Waals surface area contributed by atoms with Gasteiger partial charge in [-0.2, -0.15) is 0 Å². The third-order valence-electron chi connectivity index (χ3n) is 4.05. The zero-order valence-electron chi connectivity index (χ0n) is 12.5. The second kappa shape index (κ2) is 6.16. The van der Waals surface area contributed by atoms with Crippen LogP contribution in [0.3, 0.4) is 0 Å². The van der Waals surface area contributed by atoms with Crippen molar-refractivity contribution in [3.8, 4) is 0 Å². The Kier molecular flexibility index (Phi) is 4.21. The highest BCUT2D eigenvalue weighted by atomic mass is 19.1. The van der Waals surface area contributed by atoms with Gasteiger partial charge in [0.1, 0.15) is 18.0 Å². The molecule has 1 saturated heterocycles. The summed E-state index contributed by atoms with van der Waals surface area (Å²) in [6.45, 7) is 1.86. The van der Waals surface area contributed by atoms with E-state index in [0.717, 1.165) is 18.2 Å². The zero-order valence-corrected chi connectivity index (χ0v) is 12.5. The van der Waals surface area contributed by atoms with Crippen LogP contribution in [0.2, 0.25) is 0 Å². The van der Waals surface area contributed by atoms with E-state index in [2.05, 4.69) is 9.97 Å². The van der Waals surface area contributed by atoms with Gasteiger partial charge in [0.15, 0.2) is 11.6 Å². The van der Waals surface area contributed by atoms with Crippen LogP contribution in [0.15, 0.2) is 24.5 Å². The Morgan fingerprint density at radius 2 is 2.04 bits per heavy atom. The average molecular weight is 323 g/mol. The Morgan fingerprint density at radius 3 is 2.78 bits per heavy atom. The molecule has 7 heteroatoms. The molecule has 1 N–H and O–H groups in total. The van der Waals surface area contributed by atoms with E-state index in [-0.39, 0.29) is 30.0 Å². The van der Waals surface area contributed by atoms with E-state index in [1.165, 1.54) is 11.2 Å². The second-order valence-corrected chi connectivity index (χ2v) is 5.54. The number of hydrogen-bond acceptors (Lipinski definition) is 4. The van der Waals surface area contributed by atoms with Gasteiger partial charge in [-0.05, 0) is 31.0 Å². The van der Waals surface area contributed by atoms with Crippen molar-refractivity contribution in [2.24, 2.45) is 0 Å². The standard InChI is InChI=1S/C16H16F3N3O/c1-2-13-15(19)16(21-8-20-13)22-7-10(23)6-14(22)11-5-9(17)3-4-12(11)18/h3-5,8,10,14,23H,2,6-7H2,1H3/t10-,14-/m1/s1. The van der Waals surface area contributed by atoms with Crippen LogP contribution in [-0.2, 0) is 6.42 Å². The van der Waals surface area contributed by atoms with Crippen LogP contribution in [0.25, 0.3) is 0 Å². The quantitative estimate of drug-likeness (QED) is 0.944. The summed E-state index contributed by atoms with van der Waals surface area (Å²) in [7, 11) is 0. The lowest BCUT2D eigenvalue weighted by molar-refractivity contribution is 0.194. The highest BCUT2D eigenvalue weighted by Crippen LogP contribution is 2.38. The minimum atomic E-state index is -0.776. The summed E-state index contributed by atoms with van der Waals surface area (Å²) in [6, 6.07) is 2.44. The van der Waals surface area contributed by atoms with E-state index in [4.69, 9.17) is 0 Å². The van der Waals surface area contributed by atoms with Gasteiger partial charge in [0.05, 0.1) is 17.8 Å². The summed E-state index contributed by atoms with van der Waals surface area (Å²) < 4.78 is 42.1. The van der Waals surface area contributed by atoms with Crippen LogP contribution in [-0.4, -0.2) is 27.7 Å². The lowest BCUT2D eigenvalue weighted by atomic mass is 10.0. The SMILES string of the molecule is CCc1ncnc(N2C[C@H](O)C[C@@H]2c2cc(F)ccc2F)c1F. The van der Waals surface area contributed by atoms with Gasteiger partial charge in [-0.25, -0.2) is 23.1 Å². The Bertz CT molecular complexity index is 726. The van der Waals surface area contributed by atoms with E-state index in [0.29, 0.717) is 6.42 Å². The predicted octanol–water partition coefficient (Wildman–Crippen LogP) is 2.77. The Morgan fingerprint density at radius 1 is 1.26 bits per heavy atom. The van der Waals surface area contributed by atoms with Gasteiger partial charge >= 0.3 is 0 Å². The summed E-state index contributed by atoms with van der Waals surface area (Å²) in [5.74, 6) is -1.77. The number of halogens is 3.